The zero-order valence-corrected chi connectivity index (χ0v) is 12.2. The van der Waals surface area contributed by atoms with Gasteiger partial charge in [0.25, 0.3) is 5.91 Å². The van der Waals surface area contributed by atoms with E-state index >= 15 is 0 Å². The number of aromatic nitrogens is 4. The molecule has 3 rings (SSSR count). The Bertz CT molecular complexity index is 825. The number of anilines is 1. The second-order valence-corrected chi connectivity index (χ2v) is 5.04. The van der Waals surface area contributed by atoms with Gasteiger partial charge in [-0.15, -0.1) is 0 Å². The Morgan fingerprint density at radius 1 is 1.24 bits per heavy atom. The highest BCUT2D eigenvalue weighted by Gasteiger charge is 2.11. The standard InChI is InChI=1S/C14H12ClN5O/c1-8-6-20-7-12(18-13(20)9(2)17-8)19-14(21)10-3-4-11(15)16-5-10/h3-7H,1-2H3,(H,19,21). The summed E-state index contributed by atoms with van der Waals surface area (Å²) in [7, 11) is 0. The summed E-state index contributed by atoms with van der Waals surface area (Å²) >= 11 is 5.70. The van der Waals surface area contributed by atoms with Gasteiger partial charge in [0.1, 0.15) is 5.15 Å². The van der Waals surface area contributed by atoms with Crippen molar-refractivity contribution < 1.29 is 4.79 Å². The summed E-state index contributed by atoms with van der Waals surface area (Å²) in [6.07, 6.45) is 5.03. The van der Waals surface area contributed by atoms with Crippen LogP contribution < -0.4 is 5.32 Å². The second-order valence-electron chi connectivity index (χ2n) is 4.65. The molecule has 0 saturated heterocycles. The van der Waals surface area contributed by atoms with Crippen LogP contribution in [-0.2, 0) is 0 Å². The molecule has 0 saturated carbocycles. The average Bonchev–Trinajstić information content (AvgIpc) is 2.82. The third kappa shape index (κ3) is 2.71. The number of nitrogens with one attached hydrogen (secondary N) is 1. The maximum Gasteiger partial charge on any atom is 0.258 e. The van der Waals surface area contributed by atoms with Crippen LogP contribution in [0.5, 0.6) is 0 Å². The predicted octanol–water partition coefficient (Wildman–Crippen LogP) is 2.65. The molecule has 106 valence electrons. The minimum atomic E-state index is -0.287. The van der Waals surface area contributed by atoms with Crippen LogP contribution >= 0.6 is 11.6 Å². The number of amides is 1. The molecule has 0 spiro atoms. The average molecular weight is 302 g/mol. The van der Waals surface area contributed by atoms with Crippen LogP contribution in [0.2, 0.25) is 5.15 Å². The highest BCUT2D eigenvalue weighted by molar-refractivity contribution is 6.29. The molecule has 0 atom stereocenters. The molecule has 1 N–H and O–H groups in total. The van der Waals surface area contributed by atoms with E-state index in [1.54, 1.807) is 18.3 Å². The molecule has 0 aromatic carbocycles. The van der Waals surface area contributed by atoms with E-state index in [4.69, 9.17) is 11.6 Å². The van der Waals surface area contributed by atoms with Gasteiger partial charge in [0.15, 0.2) is 11.5 Å². The fourth-order valence-electron chi connectivity index (χ4n) is 2.06. The fourth-order valence-corrected chi connectivity index (χ4v) is 2.18. The maximum absolute atomic E-state index is 12.1. The summed E-state index contributed by atoms with van der Waals surface area (Å²) in [4.78, 5) is 24.7. The molecule has 0 fully saturated rings. The van der Waals surface area contributed by atoms with Gasteiger partial charge < -0.3 is 9.72 Å². The van der Waals surface area contributed by atoms with Gasteiger partial charge in [-0.05, 0) is 26.0 Å². The summed E-state index contributed by atoms with van der Waals surface area (Å²) in [5, 5.41) is 3.08. The third-order valence-electron chi connectivity index (χ3n) is 2.96. The first-order chi connectivity index (χ1) is 10.0. The van der Waals surface area contributed by atoms with Crippen LogP contribution in [0.25, 0.3) is 5.65 Å². The van der Waals surface area contributed by atoms with Crippen molar-refractivity contribution in [2.24, 2.45) is 0 Å². The molecule has 3 heterocycles. The molecule has 3 aromatic heterocycles. The first-order valence-electron chi connectivity index (χ1n) is 6.29. The minimum Gasteiger partial charge on any atom is -0.305 e. The quantitative estimate of drug-likeness (QED) is 0.739. The highest BCUT2D eigenvalue weighted by atomic mass is 35.5. The number of imidazole rings is 1. The summed E-state index contributed by atoms with van der Waals surface area (Å²) in [5.74, 6) is 0.176. The van der Waals surface area contributed by atoms with Crippen LogP contribution in [0.4, 0.5) is 5.82 Å². The number of halogens is 1. The minimum absolute atomic E-state index is 0.287. The molecule has 0 radical (unpaired) electrons. The predicted molar refractivity (Wildman–Crippen MR) is 79.7 cm³/mol. The molecule has 0 aliphatic carbocycles. The van der Waals surface area contributed by atoms with Gasteiger partial charge in [-0.3, -0.25) is 9.78 Å². The number of carbonyl (C=O) groups is 1. The van der Waals surface area contributed by atoms with Gasteiger partial charge in [-0.25, -0.2) is 9.97 Å². The Hall–Kier alpha value is -2.47. The van der Waals surface area contributed by atoms with Crippen molar-refractivity contribution in [1.82, 2.24) is 19.4 Å². The summed E-state index contributed by atoms with van der Waals surface area (Å²) in [6, 6.07) is 3.18. The van der Waals surface area contributed by atoms with E-state index in [-0.39, 0.29) is 5.91 Å². The van der Waals surface area contributed by atoms with Crippen LogP contribution in [0.1, 0.15) is 21.7 Å². The SMILES string of the molecule is Cc1cn2cc(NC(=O)c3ccc(Cl)nc3)nc2c(C)n1. The van der Waals surface area contributed by atoms with Crippen LogP contribution in [0, 0.1) is 13.8 Å². The van der Waals surface area contributed by atoms with Gasteiger partial charge in [-0.2, -0.15) is 0 Å². The van der Waals surface area contributed by atoms with Crippen LogP contribution in [0.15, 0.2) is 30.7 Å². The van der Waals surface area contributed by atoms with Gasteiger partial charge >= 0.3 is 0 Å². The lowest BCUT2D eigenvalue weighted by atomic mass is 10.3. The molecule has 0 bridgehead atoms. The van der Waals surface area contributed by atoms with Crippen molar-refractivity contribution in [1.29, 1.82) is 0 Å². The third-order valence-corrected chi connectivity index (χ3v) is 3.18. The fraction of sp³-hybridized carbons (Fsp3) is 0.143. The number of nitrogens with zero attached hydrogens (tertiary/aromatic N) is 4. The lowest BCUT2D eigenvalue weighted by molar-refractivity contribution is 0.102. The molecule has 7 heteroatoms. The molecule has 6 nitrogen and oxygen atoms in total. The summed E-state index contributed by atoms with van der Waals surface area (Å²) in [6.45, 7) is 3.79. The van der Waals surface area contributed by atoms with Crippen molar-refractivity contribution >= 4 is 29.0 Å². The van der Waals surface area contributed by atoms with E-state index in [1.807, 2.05) is 24.4 Å². The molecular formula is C14H12ClN5O. The Balaban J connectivity index is 1.89. The molecule has 1 amide bonds. The number of rotatable bonds is 2. The monoisotopic (exact) mass is 301 g/mol. The maximum atomic E-state index is 12.1. The molecule has 0 unspecified atom stereocenters. The smallest absolute Gasteiger partial charge is 0.258 e. The first-order valence-corrected chi connectivity index (χ1v) is 6.66. The number of pyridine rings is 1. The van der Waals surface area contributed by atoms with Gasteiger partial charge in [0, 0.05) is 12.4 Å². The van der Waals surface area contributed by atoms with Crippen molar-refractivity contribution in [2.45, 2.75) is 13.8 Å². The largest absolute Gasteiger partial charge is 0.305 e. The molecule has 0 aliphatic heterocycles. The number of carbonyl (C=O) groups excluding carboxylic acids is 1. The molecule has 21 heavy (non-hydrogen) atoms. The molecule has 3 aromatic rings. The zero-order chi connectivity index (χ0) is 15.0. The van der Waals surface area contributed by atoms with Gasteiger partial charge in [0.2, 0.25) is 0 Å². The molecule has 0 aliphatic rings. The topological polar surface area (TPSA) is 72.2 Å². The van der Waals surface area contributed by atoms with E-state index in [0.717, 1.165) is 11.4 Å². The lowest BCUT2D eigenvalue weighted by Crippen LogP contribution is -2.12. The van der Waals surface area contributed by atoms with E-state index in [2.05, 4.69) is 20.3 Å². The molecular weight excluding hydrogens is 290 g/mol. The number of aryl methyl sites for hydroxylation is 2. The zero-order valence-electron chi connectivity index (χ0n) is 11.5. The number of fused-ring (bicyclic) bond motifs is 1. The van der Waals surface area contributed by atoms with E-state index in [9.17, 15) is 4.79 Å². The van der Waals surface area contributed by atoms with E-state index in [0.29, 0.717) is 22.2 Å². The second kappa shape index (κ2) is 5.14. The van der Waals surface area contributed by atoms with Crippen molar-refractivity contribution in [3.05, 3.63) is 52.8 Å². The van der Waals surface area contributed by atoms with Gasteiger partial charge in [0.05, 0.1) is 23.1 Å². The Labute approximate surface area is 125 Å². The van der Waals surface area contributed by atoms with Crippen molar-refractivity contribution in [3.8, 4) is 0 Å². The Morgan fingerprint density at radius 2 is 2.05 bits per heavy atom. The van der Waals surface area contributed by atoms with Gasteiger partial charge in [-0.1, -0.05) is 11.6 Å². The normalized spacial score (nSPS) is 10.8. The number of hydrogen-bond donors (Lipinski definition) is 1. The van der Waals surface area contributed by atoms with E-state index in [1.165, 1.54) is 6.20 Å². The van der Waals surface area contributed by atoms with E-state index < -0.39 is 0 Å². The summed E-state index contributed by atoms with van der Waals surface area (Å²) < 4.78 is 1.84. The van der Waals surface area contributed by atoms with Crippen LogP contribution in [-0.4, -0.2) is 25.3 Å². The Kier molecular flexibility index (Phi) is 3.31. The number of hydrogen-bond acceptors (Lipinski definition) is 4. The van der Waals surface area contributed by atoms with Crippen molar-refractivity contribution in [3.63, 3.8) is 0 Å². The van der Waals surface area contributed by atoms with Crippen molar-refractivity contribution in [2.75, 3.05) is 5.32 Å². The highest BCUT2D eigenvalue weighted by Crippen LogP contribution is 2.14. The first kappa shape index (κ1) is 13.5. The summed E-state index contributed by atoms with van der Waals surface area (Å²) in [5.41, 5.74) is 2.83. The Morgan fingerprint density at radius 3 is 2.76 bits per heavy atom. The lowest BCUT2D eigenvalue weighted by Gasteiger charge is -2.00. The van der Waals surface area contributed by atoms with Crippen LogP contribution in [0.3, 0.4) is 0 Å².